The molecule has 2 aromatic rings. The number of Topliss-reactive ketones (excluding diaryl/α,β-unsaturated/α-hetero) is 1. The van der Waals surface area contributed by atoms with Gasteiger partial charge in [-0.25, -0.2) is 0 Å². The summed E-state index contributed by atoms with van der Waals surface area (Å²) < 4.78 is 10.3. The highest BCUT2D eigenvalue weighted by Crippen LogP contribution is 2.29. The maximum absolute atomic E-state index is 12.0. The van der Waals surface area contributed by atoms with Gasteiger partial charge in [0.25, 0.3) is 0 Å². The molecule has 0 saturated carbocycles. The van der Waals surface area contributed by atoms with Crippen molar-refractivity contribution in [3.8, 4) is 11.5 Å². The van der Waals surface area contributed by atoms with E-state index in [2.05, 4.69) is 10.6 Å². The van der Waals surface area contributed by atoms with E-state index in [1.807, 2.05) is 0 Å². The van der Waals surface area contributed by atoms with Gasteiger partial charge < -0.3 is 20.1 Å². The van der Waals surface area contributed by atoms with E-state index in [0.29, 0.717) is 28.4 Å². The third kappa shape index (κ3) is 4.57. The first kappa shape index (κ1) is 18.0. The van der Waals surface area contributed by atoms with Crippen LogP contribution in [0.3, 0.4) is 0 Å². The molecule has 0 atom stereocenters. The van der Waals surface area contributed by atoms with Gasteiger partial charge >= 0.3 is 11.8 Å². The molecule has 0 aliphatic rings. The van der Waals surface area contributed by atoms with Crippen molar-refractivity contribution in [3.05, 3.63) is 48.0 Å². The fourth-order valence-corrected chi connectivity index (χ4v) is 2.11. The number of benzene rings is 2. The number of anilines is 2. The average molecular weight is 342 g/mol. The zero-order valence-corrected chi connectivity index (χ0v) is 14.1. The summed E-state index contributed by atoms with van der Waals surface area (Å²) in [6.07, 6.45) is 0. The van der Waals surface area contributed by atoms with Gasteiger partial charge in [0.15, 0.2) is 17.3 Å². The van der Waals surface area contributed by atoms with E-state index >= 15 is 0 Å². The van der Waals surface area contributed by atoms with E-state index < -0.39 is 11.8 Å². The van der Waals surface area contributed by atoms with E-state index in [-0.39, 0.29) is 5.78 Å². The molecule has 0 bridgehead atoms. The normalized spacial score (nSPS) is 9.88. The molecule has 0 spiro atoms. The van der Waals surface area contributed by atoms with Crippen LogP contribution in [0.15, 0.2) is 42.5 Å². The lowest BCUT2D eigenvalue weighted by Gasteiger charge is -2.11. The highest BCUT2D eigenvalue weighted by Gasteiger charge is 2.15. The summed E-state index contributed by atoms with van der Waals surface area (Å²) in [5, 5.41) is 4.92. The molecule has 0 aliphatic heterocycles. The summed E-state index contributed by atoms with van der Waals surface area (Å²) in [6, 6.07) is 11.1. The first-order chi connectivity index (χ1) is 11.9. The van der Waals surface area contributed by atoms with Gasteiger partial charge in [-0.15, -0.1) is 0 Å². The largest absolute Gasteiger partial charge is 0.493 e. The zero-order valence-electron chi connectivity index (χ0n) is 14.1. The van der Waals surface area contributed by atoms with Crippen molar-refractivity contribution in [1.82, 2.24) is 0 Å². The quantitative estimate of drug-likeness (QED) is 0.643. The Kier molecular flexibility index (Phi) is 5.73. The van der Waals surface area contributed by atoms with Crippen LogP contribution in [0.4, 0.5) is 11.4 Å². The molecule has 0 aliphatic carbocycles. The van der Waals surface area contributed by atoms with Crippen molar-refractivity contribution >= 4 is 29.0 Å². The molecule has 2 aromatic carbocycles. The summed E-state index contributed by atoms with van der Waals surface area (Å²) in [5.41, 5.74) is 1.19. The number of hydrogen-bond donors (Lipinski definition) is 2. The number of hydrogen-bond acceptors (Lipinski definition) is 5. The minimum Gasteiger partial charge on any atom is -0.493 e. The van der Waals surface area contributed by atoms with Crippen molar-refractivity contribution in [3.63, 3.8) is 0 Å². The Morgan fingerprint density at radius 2 is 1.40 bits per heavy atom. The number of rotatable bonds is 5. The molecule has 130 valence electrons. The number of ketones is 1. The number of ether oxygens (including phenoxy) is 2. The maximum Gasteiger partial charge on any atom is 0.314 e. The second-order valence-electron chi connectivity index (χ2n) is 5.12. The zero-order chi connectivity index (χ0) is 18.4. The smallest absolute Gasteiger partial charge is 0.314 e. The number of amides is 2. The van der Waals surface area contributed by atoms with E-state index in [9.17, 15) is 14.4 Å². The summed E-state index contributed by atoms with van der Waals surface area (Å²) in [6.45, 7) is 1.42. The monoisotopic (exact) mass is 342 g/mol. The van der Waals surface area contributed by atoms with E-state index in [1.165, 1.54) is 27.2 Å². The van der Waals surface area contributed by atoms with Crippen molar-refractivity contribution in [2.24, 2.45) is 0 Å². The van der Waals surface area contributed by atoms with E-state index in [1.54, 1.807) is 36.4 Å². The summed E-state index contributed by atoms with van der Waals surface area (Å²) in [7, 11) is 2.97. The summed E-state index contributed by atoms with van der Waals surface area (Å²) in [4.78, 5) is 35.4. The van der Waals surface area contributed by atoms with Crippen LogP contribution >= 0.6 is 0 Å². The minimum atomic E-state index is -0.851. The Morgan fingerprint density at radius 1 is 0.800 bits per heavy atom. The van der Waals surface area contributed by atoms with Gasteiger partial charge in [0.05, 0.1) is 14.2 Å². The predicted molar refractivity (Wildman–Crippen MR) is 93.3 cm³/mol. The summed E-state index contributed by atoms with van der Waals surface area (Å²) in [5.74, 6) is -0.900. The Labute approximate surface area is 144 Å². The number of carbonyl (C=O) groups excluding carboxylic acids is 3. The molecular weight excluding hydrogens is 324 g/mol. The Bertz CT molecular complexity index is 817. The van der Waals surface area contributed by atoms with Crippen LogP contribution in [0.1, 0.15) is 17.3 Å². The Morgan fingerprint density at radius 3 is 1.96 bits per heavy atom. The van der Waals surface area contributed by atoms with Gasteiger partial charge in [0.2, 0.25) is 0 Å². The average Bonchev–Trinajstić information content (AvgIpc) is 2.61. The van der Waals surface area contributed by atoms with Gasteiger partial charge in [-0.2, -0.15) is 0 Å². The molecule has 0 heterocycles. The molecule has 2 rings (SSSR count). The number of nitrogens with one attached hydrogen (secondary N) is 2. The lowest BCUT2D eigenvalue weighted by molar-refractivity contribution is -0.132. The maximum atomic E-state index is 12.0. The minimum absolute atomic E-state index is 0.133. The van der Waals surface area contributed by atoms with Crippen LogP contribution in [0.25, 0.3) is 0 Å². The lowest BCUT2D eigenvalue weighted by atomic mass is 10.1. The van der Waals surface area contributed by atoms with E-state index in [4.69, 9.17) is 9.47 Å². The molecule has 2 N–H and O–H groups in total. The van der Waals surface area contributed by atoms with Crippen LogP contribution in [-0.4, -0.2) is 31.8 Å². The number of methoxy groups -OCH3 is 2. The van der Waals surface area contributed by atoms with Crippen molar-refractivity contribution in [1.29, 1.82) is 0 Å². The molecular formula is C18H18N2O5. The van der Waals surface area contributed by atoms with Gasteiger partial charge in [0, 0.05) is 23.0 Å². The lowest BCUT2D eigenvalue weighted by Crippen LogP contribution is -2.29. The van der Waals surface area contributed by atoms with Gasteiger partial charge in [0.1, 0.15) is 0 Å². The van der Waals surface area contributed by atoms with Gasteiger partial charge in [-0.3, -0.25) is 14.4 Å². The van der Waals surface area contributed by atoms with Crippen molar-refractivity contribution < 1.29 is 23.9 Å². The Hall–Kier alpha value is -3.35. The Balaban J connectivity index is 2.07. The predicted octanol–water partition coefficient (Wildman–Crippen LogP) is 2.48. The summed E-state index contributed by atoms with van der Waals surface area (Å²) >= 11 is 0. The molecule has 0 saturated heterocycles. The SMILES string of the molecule is COc1ccc(NC(=O)C(=O)Nc2cccc(C(C)=O)c2)cc1OC. The van der Waals surface area contributed by atoms with Gasteiger partial charge in [-0.1, -0.05) is 12.1 Å². The molecule has 2 amide bonds. The van der Waals surface area contributed by atoms with Crippen molar-refractivity contribution in [2.75, 3.05) is 24.9 Å². The van der Waals surface area contributed by atoms with Gasteiger partial charge in [-0.05, 0) is 31.2 Å². The first-order valence-electron chi connectivity index (χ1n) is 7.40. The molecule has 0 fully saturated rings. The van der Waals surface area contributed by atoms with E-state index in [0.717, 1.165) is 0 Å². The second kappa shape index (κ2) is 7.96. The van der Waals surface area contributed by atoms with Crippen molar-refractivity contribution in [2.45, 2.75) is 6.92 Å². The third-order valence-corrected chi connectivity index (χ3v) is 3.37. The molecule has 25 heavy (non-hydrogen) atoms. The molecule has 0 unspecified atom stereocenters. The highest BCUT2D eigenvalue weighted by atomic mass is 16.5. The molecule has 0 aromatic heterocycles. The molecule has 7 nitrogen and oxygen atoms in total. The second-order valence-corrected chi connectivity index (χ2v) is 5.12. The topological polar surface area (TPSA) is 93.7 Å². The molecule has 0 radical (unpaired) electrons. The van der Waals surface area contributed by atoms with Crippen LogP contribution in [0.2, 0.25) is 0 Å². The van der Waals surface area contributed by atoms with Crippen LogP contribution in [0.5, 0.6) is 11.5 Å². The fraction of sp³-hybridized carbons (Fsp3) is 0.167. The highest BCUT2D eigenvalue weighted by molar-refractivity contribution is 6.43. The number of carbonyl (C=O) groups is 3. The third-order valence-electron chi connectivity index (χ3n) is 3.37. The molecule has 7 heteroatoms. The first-order valence-corrected chi connectivity index (χ1v) is 7.40. The van der Waals surface area contributed by atoms with Crippen LogP contribution in [0, 0.1) is 0 Å². The van der Waals surface area contributed by atoms with Crippen LogP contribution < -0.4 is 20.1 Å². The van der Waals surface area contributed by atoms with Crippen LogP contribution in [-0.2, 0) is 9.59 Å². The standard InChI is InChI=1S/C18H18N2O5/c1-11(21)12-5-4-6-13(9-12)19-17(22)18(23)20-14-7-8-15(24-2)16(10-14)25-3/h4-10H,1-3H3,(H,19,22)(H,20,23). The fourth-order valence-electron chi connectivity index (χ4n) is 2.11.